The highest BCUT2D eigenvalue weighted by atomic mass is 16.2. The minimum Gasteiger partial charge on any atom is -0.338 e. The molecule has 15 heavy (non-hydrogen) atoms. The first-order valence-corrected chi connectivity index (χ1v) is 5.97. The van der Waals surface area contributed by atoms with Gasteiger partial charge in [0.2, 0.25) is 0 Å². The van der Waals surface area contributed by atoms with E-state index < -0.39 is 0 Å². The molecule has 0 spiro atoms. The zero-order valence-corrected chi connectivity index (χ0v) is 9.46. The molecule has 2 amide bonds. The Morgan fingerprint density at radius 3 is 2.87 bits per heavy atom. The van der Waals surface area contributed by atoms with Crippen LogP contribution in [0.2, 0.25) is 0 Å². The average molecular weight is 211 g/mol. The van der Waals surface area contributed by atoms with Crippen molar-refractivity contribution in [2.45, 2.75) is 31.7 Å². The van der Waals surface area contributed by atoms with Gasteiger partial charge in [-0.3, -0.25) is 0 Å². The molecule has 2 fully saturated rings. The largest absolute Gasteiger partial charge is 0.338 e. The van der Waals surface area contributed by atoms with Crippen molar-refractivity contribution in [2.75, 3.05) is 26.7 Å². The Morgan fingerprint density at radius 1 is 1.40 bits per heavy atom. The van der Waals surface area contributed by atoms with Crippen LogP contribution in [0.1, 0.15) is 25.7 Å². The van der Waals surface area contributed by atoms with Crippen molar-refractivity contribution in [3.05, 3.63) is 0 Å². The summed E-state index contributed by atoms with van der Waals surface area (Å²) in [5.41, 5.74) is 0. The second kappa shape index (κ2) is 4.84. The van der Waals surface area contributed by atoms with Gasteiger partial charge in [-0.25, -0.2) is 4.79 Å². The van der Waals surface area contributed by atoms with Crippen LogP contribution in [0.5, 0.6) is 0 Å². The second-order valence-electron chi connectivity index (χ2n) is 4.90. The molecule has 0 radical (unpaired) electrons. The van der Waals surface area contributed by atoms with Crippen LogP contribution in [0, 0.1) is 5.92 Å². The number of urea groups is 1. The fraction of sp³-hybridized carbons (Fsp3) is 0.909. The number of rotatable bonds is 3. The molecule has 1 heterocycles. The molecule has 1 aliphatic carbocycles. The van der Waals surface area contributed by atoms with Crippen molar-refractivity contribution in [3.63, 3.8) is 0 Å². The van der Waals surface area contributed by atoms with Gasteiger partial charge >= 0.3 is 6.03 Å². The molecule has 1 atom stereocenters. The topological polar surface area (TPSA) is 44.4 Å². The van der Waals surface area contributed by atoms with E-state index in [0.29, 0.717) is 12.0 Å². The molecule has 1 aliphatic heterocycles. The Hall–Kier alpha value is -0.770. The Labute approximate surface area is 91.4 Å². The lowest BCUT2D eigenvalue weighted by Gasteiger charge is -2.29. The first kappa shape index (κ1) is 10.7. The SMILES string of the molecule is CN1CCC[C@@H](CNC(=O)NC2CC2)C1. The number of nitrogens with zero attached hydrogens (tertiary/aromatic N) is 1. The minimum absolute atomic E-state index is 0.0192. The van der Waals surface area contributed by atoms with E-state index in [1.807, 2.05) is 0 Å². The average Bonchev–Trinajstić information content (AvgIpc) is 2.99. The van der Waals surface area contributed by atoms with Gasteiger partial charge in [0, 0.05) is 19.1 Å². The van der Waals surface area contributed by atoms with Gasteiger partial charge in [0.1, 0.15) is 0 Å². The van der Waals surface area contributed by atoms with Gasteiger partial charge in [0.25, 0.3) is 0 Å². The highest BCUT2D eigenvalue weighted by Gasteiger charge is 2.23. The molecule has 2 aliphatic rings. The molecule has 4 heteroatoms. The lowest BCUT2D eigenvalue weighted by molar-refractivity contribution is 0.202. The molecule has 2 rings (SSSR count). The summed E-state index contributed by atoms with van der Waals surface area (Å²) in [7, 11) is 2.15. The summed E-state index contributed by atoms with van der Waals surface area (Å²) in [6, 6.07) is 0.477. The van der Waals surface area contributed by atoms with E-state index in [0.717, 1.165) is 25.9 Å². The lowest BCUT2D eigenvalue weighted by Crippen LogP contribution is -2.43. The summed E-state index contributed by atoms with van der Waals surface area (Å²) in [6.07, 6.45) is 4.81. The number of nitrogens with one attached hydrogen (secondary N) is 2. The standard InChI is InChI=1S/C11H21N3O/c1-14-6-2-3-9(8-14)7-12-11(15)13-10-4-5-10/h9-10H,2-8H2,1H3,(H2,12,13,15)/t9-/m0/s1. The number of likely N-dealkylation sites (tertiary alicyclic amines) is 1. The second-order valence-corrected chi connectivity index (χ2v) is 4.90. The van der Waals surface area contributed by atoms with Crippen LogP contribution in [0.3, 0.4) is 0 Å². The first-order valence-electron chi connectivity index (χ1n) is 5.97. The fourth-order valence-corrected chi connectivity index (χ4v) is 2.14. The number of amides is 2. The highest BCUT2D eigenvalue weighted by Crippen LogP contribution is 2.18. The third-order valence-corrected chi connectivity index (χ3v) is 3.19. The number of hydrogen-bond acceptors (Lipinski definition) is 2. The Bertz CT molecular complexity index is 228. The fourth-order valence-electron chi connectivity index (χ4n) is 2.14. The molecule has 4 nitrogen and oxygen atoms in total. The third-order valence-electron chi connectivity index (χ3n) is 3.19. The lowest BCUT2D eigenvalue weighted by atomic mass is 9.99. The molecule has 2 N–H and O–H groups in total. The monoisotopic (exact) mass is 211 g/mol. The predicted molar refractivity (Wildman–Crippen MR) is 59.8 cm³/mol. The quantitative estimate of drug-likeness (QED) is 0.725. The molecule has 0 unspecified atom stereocenters. The van der Waals surface area contributed by atoms with Gasteiger partial charge in [0.15, 0.2) is 0 Å². The van der Waals surface area contributed by atoms with E-state index in [1.165, 1.54) is 19.4 Å². The maximum absolute atomic E-state index is 11.4. The summed E-state index contributed by atoms with van der Waals surface area (Å²) in [4.78, 5) is 13.7. The Balaban J connectivity index is 1.61. The van der Waals surface area contributed by atoms with E-state index in [9.17, 15) is 4.79 Å². The summed E-state index contributed by atoms with van der Waals surface area (Å²) in [5, 5.41) is 5.91. The van der Waals surface area contributed by atoms with Crippen LogP contribution in [-0.2, 0) is 0 Å². The molecule has 0 aromatic carbocycles. The maximum atomic E-state index is 11.4. The number of piperidine rings is 1. The number of hydrogen-bond donors (Lipinski definition) is 2. The third kappa shape index (κ3) is 3.70. The Kier molecular flexibility index (Phi) is 3.46. The van der Waals surface area contributed by atoms with Gasteiger partial charge in [-0.1, -0.05) is 0 Å². The summed E-state index contributed by atoms with van der Waals surface area (Å²) in [5.74, 6) is 0.633. The predicted octanol–water partition coefficient (Wildman–Crippen LogP) is 0.790. The van der Waals surface area contributed by atoms with Gasteiger partial charge in [-0.2, -0.15) is 0 Å². The van der Waals surface area contributed by atoms with Crippen molar-refractivity contribution >= 4 is 6.03 Å². The van der Waals surface area contributed by atoms with Crippen molar-refractivity contribution < 1.29 is 4.79 Å². The molecule has 0 aromatic rings. The number of carbonyl (C=O) groups excluding carboxylic acids is 1. The molecule has 0 aromatic heterocycles. The molecular formula is C11H21N3O. The summed E-state index contributed by atoms with van der Waals surface area (Å²) >= 11 is 0. The number of carbonyl (C=O) groups is 1. The van der Waals surface area contributed by atoms with Crippen LogP contribution in [0.25, 0.3) is 0 Å². The maximum Gasteiger partial charge on any atom is 0.315 e. The van der Waals surface area contributed by atoms with E-state index in [2.05, 4.69) is 22.6 Å². The van der Waals surface area contributed by atoms with Crippen molar-refractivity contribution in [1.29, 1.82) is 0 Å². The van der Waals surface area contributed by atoms with Crippen LogP contribution in [-0.4, -0.2) is 43.7 Å². The highest BCUT2D eigenvalue weighted by molar-refractivity contribution is 5.74. The van der Waals surface area contributed by atoms with Gasteiger partial charge in [0.05, 0.1) is 0 Å². The van der Waals surface area contributed by atoms with E-state index in [-0.39, 0.29) is 6.03 Å². The van der Waals surface area contributed by atoms with E-state index in [4.69, 9.17) is 0 Å². The molecular weight excluding hydrogens is 190 g/mol. The van der Waals surface area contributed by atoms with Gasteiger partial charge in [-0.05, 0) is 45.2 Å². The van der Waals surface area contributed by atoms with E-state index >= 15 is 0 Å². The van der Waals surface area contributed by atoms with Gasteiger partial charge in [-0.15, -0.1) is 0 Å². The summed E-state index contributed by atoms with van der Waals surface area (Å²) in [6.45, 7) is 3.14. The van der Waals surface area contributed by atoms with Crippen molar-refractivity contribution in [2.24, 2.45) is 5.92 Å². The molecule has 0 bridgehead atoms. The molecule has 1 saturated carbocycles. The first-order chi connectivity index (χ1) is 7.24. The normalized spacial score (nSPS) is 27.4. The molecule has 1 saturated heterocycles. The van der Waals surface area contributed by atoms with Crippen LogP contribution in [0.15, 0.2) is 0 Å². The van der Waals surface area contributed by atoms with Gasteiger partial charge < -0.3 is 15.5 Å². The van der Waals surface area contributed by atoms with E-state index in [1.54, 1.807) is 0 Å². The van der Waals surface area contributed by atoms with Crippen LogP contribution in [0.4, 0.5) is 4.79 Å². The van der Waals surface area contributed by atoms with Crippen molar-refractivity contribution in [1.82, 2.24) is 15.5 Å². The van der Waals surface area contributed by atoms with Crippen LogP contribution < -0.4 is 10.6 Å². The minimum atomic E-state index is 0.0192. The smallest absolute Gasteiger partial charge is 0.315 e. The summed E-state index contributed by atoms with van der Waals surface area (Å²) < 4.78 is 0. The van der Waals surface area contributed by atoms with Crippen molar-refractivity contribution in [3.8, 4) is 0 Å². The van der Waals surface area contributed by atoms with Crippen LogP contribution >= 0.6 is 0 Å². The molecule has 86 valence electrons. The Morgan fingerprint density at radius 2 is 2.20 bits per heavy atom. The zero-order valence-electron chi connectivity index (χ0n) is 9.46. The zero-order chi connectivity index (χ0) is 10.7.